The van der Waals surface area contributed by atoms with Crippen molar-refractivity contribution in [3.05, 3.63) is 40.1 Å². The predicted molar refractivity (Wildman–Crippen MR) is 114 cm³/mol. The second-order valence-corrected chi connectivity index (χ2v) is 8.78. The third-order valence-electron chi connectivity index (χ3n) is 7.03. The first-order valence-corrected chi connectivity index (χ1v) is 10.7. The summed E-state index contributed by atoms with van der Waals surface area (Å²) >= 11 is 0. The van der Waals surface area contributed by atoms with Gasteiger partial charge >= 0.3 is 6.01 Å². The zero-order valence-corrected chi connectivity index (χ0v) is 17.8. The number of methoxy groups -OCH3 is 1. The molecule has 2 aliphatic carbocycles. The first-order chi connectivity index (χ1) is 15.0. The van der Waals surface area contributed by atoms with Crippen molar-refractivity contribution in [2.24, 2.45) is 0 Å². The van der Waals surface area contributed by atoms with Crippen molar-refractivity contribution in [3.8, 4) is 12.1 Å². The van der Waals surface area contributed by atoms with E-state index in [0.29, 0.717) is 37.1 Å². The van der Waals surface area contributed by atoms with Crippen LogP contribution in [-0.2, 0) is 29.8 Å². The lowest BCUT2D eigenvalue weighted by Crippen LogP contribution is -2.45. The normalized spacial score (nSPS) is 26.4. The summed E-state index contributed by atoms with van der Waals surface area (Å²) in [5.74, 6) is 0.734. The number of hydrogen-bond acceptors (Lipinski definition) is 7. The van der Waals surface area contributed by atoms with E-state index in [1.807, 2.05) is 24.1 Å². The van der Waals surface area contributed by atoms with Gasteiger partial charge in [0.05, 0.1) is 25.0 Å². The van der Waals surface area contributed by atoms with E-state index in [1.54, 1.807) is 7.11 Å². The van der Waals surface area contributed by atoms with Crippen molar-refractivity contribution in [2.45, 2.75) is 62.9 Å². The SMILES string of the molecule is COc1nc2c(c(N(C)C3CC(F)C3)n1)CO[C@@]1(CCCc3ccc(N)c(C#N)c31)C2. The molecule has 0 unspecified atom stereocenters. The molecule has 0 saturated heterocycles. The molecule has 0 bridgehead atoms. The fourth-order valence-electron chi connectivity index (χ4n) is 5.24. The summed E-state index contributed by atoms with van der Waals surface area (Å²) in [6.07, 6.45) is 3.42. The molecule has 2 N–H and O–H groups in total. The van der Waals surface area contributed by atoms with Gasteiger partial charge in [0.15, 0.2) is 0 Å². The summed E-state index contributed by atoms with van der Waals surface area (Å²) in [6, 6.07) is 6.51. The Kier molecular flexibility index (Phi) is 4.74. The highest BCUT2D eigenvalue weighted by molar-refractivity contribution is 5.63. The molecule has 162 valence electrons. The number of alkyl halides is 1. The Bertz CT molecular complexity index is 1080. The lowest BCUT2D eigenvalue weighted by atomic mass is 9.72. The first kappa shape index (κ1) is 20.0. The van der Waals surface area contributed by atoms with Crippen molar-refractivity contribution >= 4 is 11.5 Å². The zero-order valence-electron chi connectivity index (χ0n) is 17.8. The van der Waals surface area contributed by atoms with Crippen LogP contribution in [0.25, 0.3) is 0 Å². The van der Waals surface area contributed by atoms with Crippen LogP contribution in [0.2, 0.25) is 0 Å². The number of aryl methyl sites for hydroxylation is 1. The molecule has 2 heterocycles. The number of anilines is 2. The van der Waals surface area contributed by atoms with Gasteiger partial charge in [-0.2, -0.15) is 15.2 Å². The van der Waals surface area contributed by atoms with E-state index in [-0.39, 0.29) is 12.1 Å². The van der Waals surface area contributed by atoms with Crippen LogP contribution in [0.4, 0.5) is 15.9 Å². The number of fused-ring (bicyclic) bond motifs is 3. The summed E-state index contributed by atoms with van der Waals surface area (Å²) in [6.45, 7) is 0.323. The fraction of sp³-hybridized carbons (Fsp3) is 0.522. The smallest absolute Gasteiger partial charge is 0.318 e. The van der Waals surface area contributed by atoms with Gasteiger partial charge in [0, 0.05) is 36.3 Å². The molecule has 0 amide bonds. The largest absolute Gasteiger partial charge is 0.467 e. The van der Waals surface area contributed by atoms with Crippen LogP contribution >= 0.6 is 0 Å². The maximum absolute atomic E-state index is 13.5. The summed E-state index contributed by atoms with van der Waals surface area (Å²) in [5, 5.41) is 9.83. The Morgan fingerprint density at radius 1 is 1.35 bits per heavy atom. The molecule has 0 radical (unpaired) electrons. The molecule has 1 aliphatic heterocycles. The van der Waals surface area contributed by atoms with E-state index in [4.69, 9.17) is 15.2 Å². The molecular weight excluding hydrogens is 397 g/mol. The average Bonchev–Trinajstić information content (AvgIpc) is 2.76. The number of hydrogen-bond donors (Lipinski definition) is 1. The van der Waals surface area contributed by atoms with Crippen LogP contribution in [0.15, 0.2) is 12.1 Å². The van der Waals surface area contributed by atoms with Crippen molar-refractivity contribution in [2.75, 3.05) is 24.8 Å². The van der Waals surface area contributed by atoms with Crippen LogP contribution < -0.4 is 15.4 Å². The molecule has 1 aromatic heterocycles. The Morgan fingerprint density at radius 2 is 2.16 bits per heavy atom. The molecule has 1 aromatic carbocycles. The van der Waals surface area contributed by atoms with E-state index in [2.05, 4.69) is 16.0 Å². The van der Waals surface area contributed by atoms with Crippen LogP contribution in [0.3, 0.4) is 0 Å². The van der Waals surface area contributed by atoms with Gasteiger partial charge in [-0.05, 0) is 43.7 Å². The molecule has 1 spiro atoms. The number of ether oxygens (including phenoxy) is 2. The van der Waals surface area contributed by atoms with Gasteiger partial charge in [0.2, 0.25) is 0 Å². The molecule has 1 atom stereocenters. The first-order valence-electron chi connectivity index (χ1n) is 10.7. The van der Waals surface area contributed by atoms with Gasteiger partial charge in [0.25, 0.3) is 0 Å². The average molecular weight is 423 g/mol. The molecule has 1 saturated carbocycles. The van der Waals surface area contributed by atoms with Gasteiger partial charge in [-0.25, -0.2) is 4.39 Å². The monoisotopic (exact) mass is 423 g/mol. The van der Waals surface area contributed by atoms with Crippen molar-refractivity contribution in [1.82, 2.24) is 9.97 Å². The third kappa shape index (κ3) is 3.10. The Balaban J connectivity index is 1.59. The molecule has 3 aliphatic rings. The highest BCUT2D eigenvalue weighted by Gasteiger charge is 2.45. The highest BCUT2D eigenvalue weighted by atomic mass is 19.1. The summed E-state index contributed by atoms with van der Waals surface area (Å²) in [5.41, 5.74) is 10.3. The Morgan fingerprint density at radius 3 is 2.87 bits per heavy atom. The van der Waals surface area contributed by atoms with E-state index in [9.17, 15) is 9.65 Å². The van der Waals surface area contributed by atoms with Crippen LogP contribution in [0.5, 0.6) is 6.01 Å². The number of benzene rings is 1. The van der Waals surface area contributed by atoms with Gasteiger partial charge in [-0.1, -0.05) is 6.07 Å². The minimum absolute atomic E-state index is 0.106. The fourth-order valence-corrected chi connectivity index (χ4v) is 5.24. The number of halogens is 1. The van der Waals surface area contributed by atoms with Crippen LogP contribution in [0.1, 0.15) is 53.6 Å². The van der Waals surface area contributed by atoms with E-state index in [0.717, 1.165) is 47.5 Å². The topological polar surface area (TPSA) is 97.3 Å². The molecule has 5 rings (SSSR count). The molecule has 7 nitrogen and oxygen atoms in total. The molecular formula is C23H26FN5O2. The predicted octanol–water partition coefficient (Wildman–Crippen LogP) is 3.18. The summed E-state index contributed by atoms with van der Waals surface area (Å²) < 4.78 is 25.4. The maximum Gasteiger partial charge on any atom is 0.318 e. The lowest BCUT2D eigenvalue weighted by molar-refractivity contribution is -0.0856. The van der Waals surface area contributed by atoms with E-state index < -0.39 is 11.8 Å². The Labute approximate surface area is 181 Å². The minimum Gasteiger partial charge on any atom is -0.467 e. The van der Waals surface area contributed by atoms with Gasteiger partial charge < -0.3 is 20.1 Å². The van der Waals surface area contributed by atoms with Crippen molar-refractivity contribution in [1.29, 1.82) is 5.26 Å². The number of rotatable bonds is 3. The van der Waals surface area contributed by atoms with E-state index >= 15 is 0 Å². The number of nitriles is 1. The zero-order chi connectivity index (χ0) is 21.8. The highest BCUT2D eigenvalue weighted by Crippen LogP contribution is 2.48. The van der Waals surface area contributed by atoms with Gasteiger partial charge in [-0.15, -0.1) is 0 Å². The molecule has 1 fully saturated rings. The van der Waals surface area contributed by atoms with Crippen LogP contribution in [-0.4, -0.2) is 36.3 Å². The lowest BCUT2D eigenvalue weighted by Gasteiger charge is -2.44. The third-order valence-corrected chi connectivity index (χ3v) is 7.03. The molecule has 2 aromatic rings. The minimum atomic E-state index is -0.750. The number of nitrogen functional groups attached to an aromatic ring is 1. The van der Waals surface area contributed by atoms with Gasteiger partial charge in [-0.3, -0.25) is 0 Å². The number of nitrogens with two attached hydrogens (primary N) is 1. The number of aromatic nitrogens is 2. The van der Waals surface area contributed by atoms with Gasteiger partial charge in [0.1, 0.15) is 23.7 Å². The van der Waals surface area contributed by atoms with E-state index in [1.165, 1.54) is 0 Å². The summed E-state index contributed by atoms with van der Waals surface area (Å²) in [7, 11) is 3.49. The van der Waals surface area contributed by atoms with Crippen molar-refractivity contribution in [3.63, 3.8) is 0 Å². The summed E-state index contributed by atoms with van der Waals surface area (Å²) in [4.78, 5) is 11.3. The second-order valence-electron chi connectivity index (χ2n) is 8.78. The number of nitrogens with zero attached hydrogens (tertiary/aromatic N) is 4. The standard InChI is InChI=1S/C23H26FN5O2/c1-29(15-8-14(24)9-15)21-17-12-31-23(10-19(17)27-22(28-21)30-2)7-3-4-13-5-6-18(26)16(11-25)20(13)23/h5-6,14-15H,3-4,7-10,12,26H2,1-2H3/t14?,15?,23-/m0/s1. The quantitative estimate of drug-likeness (QED) is 0.757. The second kappa shape index (κ2) is 7.34. The molecule has 31 heavy (non-hydrogen) atoms. The van der Waals surface area contributed by atoms with Crippen molar-refractivity contribution < 1.29 is 13.9 Å². The molecule has 8 heteroatoms. The van der Waals surface area contributed by atoms with Crippen LogP contribution in [0, 0.1) is 11.3 Å². The Hall–Kier alpha value is -2.92. The maximum atomic E-state index is 13.5.